The van der Waals surface area contributed by atoms with Crippen molar-refractivity contribution in [1.82, 2.24) is 5.32 Å². The molecule has 0 saturated carbocycles. The van der Waals surface area contributed by atoms with Crippen LogP contribution in [0.5, 0.6) is 5.75 Å². The summed E-state index contributed by atoms with van der Waals surface area (Å²) in [7, 11) is -2.90. The number of rotatable bonds is 2. The Morgan fingerprint density at radius 1 is 1.24 bits per heavy atom. The summed E-state index contributed by atoms with van der Waals surface area (Å²) in [5.74, 6) is 1.40. The van der Waals surface area contributed by atoms with E-state index in [2.05, 4.69) is 25.2 Å². The lowest BCUT2D eigenvalue weighted by Gasteiger charge is -2.41. The fourth-order valence-electron chi connectivity index (χ4n) is 3.48. The summed E-state index contributed by atoms with van der Waals surface area (Å²) in [5.41, 5.74) is 0.534. The van der Waals surface area contributed by atoms with Gasteiger partial charge in [-0.1, -0.05) is 18.2 Å². The Morgan fingerprint density at radius 2 is 1.95 bits per heavy atom. The molecule has 2 aliphatic rings. The number of ether oxygens (including phenoxy) is 1. The molecule has 0 aliphatic carbocycles. The Kier molecular flexibility index (Phi) is 3.33. The van der Waals surface area contributed by atoms with E-state index in [1.807, 2.05) is 25.1 Å². The first-order valence-electron chi connectivity index (χ1n) is 7.44. The van der Waals surface area contributed by atoms with Gasteiger partial charge in [-0.05, 0) is 33.3 Å². The molecule has 1 aromatic carbocycles. The van der Waals surface area contributed by atoms with Crippen LogP contribution in [0, 0.1) is 0 Å². The Labute approximate surface area is 126 Å². The second-order valence-corrected chi connectivity index (χ2v) is 9.39. The van der Waals surface area contributed by atoms with Crippen molar-refractivity contribution in [2.75, 3.05) is 11.5 Å². The van der Waals surface area contributed by atoms with Gasteiger partial charge < -0.3 is 10.1 Å². The summed E-state index contributed by atoms with van der Waals surface area (Å²) in [6, 6.07) is 8.15. The predicted molar refractivity (Wildman–Crippen MR) is 83.3 cm³/mol. The molecule has 0 amide bonds. The van der Waals surface area contributed by atoms with E-state index < -0.39 is 9.84 Å². The van der Waals surface area contributed by atoms with E-state index in [9.17, 15) is 8.42 Å². The molecular formula is C16H23NO3S. The third-order valence-corrected chi connectivity index (χ3v) is 6.31. The van der Waals surface area contributed by atoms with Crippen molar-refractivity contribution in [3.05, 3.63) is 29.8 Å². The Balaban J connectivity index is 1.89. The quantitative estimate of drug-likeness (QED) is 0.912. The van der Waals surface area contributed by atoms with Crippen molar-refractivity contribution >= 4 is 9.84 Å². The summed E-state index contributed by atoms with van der Waals surface area (Å²) in [6.07, 6.45) is 1.51. The smallest absolute Gasteiger partial charge is 0.152 e. The van der Waals surface area contributed by atoms with E-state index in [1.54, 1.807) is 0 Å². The minimum Gasteiger partial charge on any atom is -0.487 e. The molecule has 5 heteroatoms. The zero-order valence-electron chi connectivity index (χ0n) is 12.8. The average molecular weight is 309 g/mol. The van der Waals surface area contributed by atoms with Crippen LogP contribution in [0.25, 0.3) is 0 Å². The normalized spacial score (nSPS) is 33.2. The van der Waals surface area contributed by atoms with Crippen LogP contribution in [0.2, 0.25) is 0 Å². The van der Waals surface area contributed by atoms with Crippen molar-refractivity contribution in [3.63, 3.8) is 0 Å². The molecule has 21 heavy (non-hydrogen) atoms. The average Bonchev–Trinajstić information content (AvgIpc) is 2.62. The minimum absolute atomic E-state index is 0.128. The van der Waals surface area contributed by atoms with Crippen LogP contribution in [0.3, 0.4) is 0 Å². The van der Waals surface area contributed by atoms with Crippen LogP contribution >= 0.6 is 0 Å². The molecule has 0 bridgehead atoms. The molecule has 2 unspecified atom stereocenters. The van der Waals surface area contributed by atoms with Crippen LogP contribution < -0.4 is 10.1 Å². The van der Waals surface area contributed by atoms with Gasteiger partial charge in [0.25, 0.3) is 0 Å². The second kappa shape index (κ2) is 4.71. The molecule has 0 spiro atoms. The third-order valence-electron chi connectivity index (χ3n) is 4.40. The summed E-state index contributed by atoms with van der Waals surface area (Å²) in [5, 5.41) is 3.60. The van der Waals surface area contributed by atoms with Crippen LogP contribution in [0.15, 0.2) is 24.3 Å². The van der Waals surface area contributed by atoms with Crippen LogP contribution in [-0.2, 0) is 9.84 Å². The van der Waals surface area contributed by atoms with Crippen LogP contribution in [-0.4, -0.2) is 31.1 Å². The molecule has 1 saturated heterocycles. The Morgan fingerprint density at radius 3 is 2.62 bits per heavy atom. The van der Waals surface area contributed by atoms with Gasteiger partial charge in [-0.25, -0.2) is 8.42 Å². The molecule has 1 aromatic rings. The Bertz CT molecular complexity index is 653. The topological polar surface area (TPSA) is 55.4 Å². The van der Waals surface area contributed by atoms with Crippen molar-refractivity contribution in [3.8, 4) is 5.75 Å². The van der Waals surface area contributed by atoms with Crippen LogP contribution in [0.1, 0.15) is 45.2 Å². The number of nitrogens with one attached hydrogen (secondary N) is 1. The fraction of sp³-hybridized carbons (Fsp3) is 0.625. The van der Waals surface area contributed by atoms with E-state index in [1.165, 1.54) is 0 Å². The molecule has 4 nitrogen and oxygen atoms in total. The van der Waals surface area contributed by atoms with Gasteiger partial charge in [0.1, 0.15) is 11.4 Å². The monoisotopic (exact) mass is 309 g/mol. The van der Waals surface area contributed by atoms with E-state index in [0.717, 1.165) is 17.7 Å². The molecule has 1 N–H and O–H groups in total. The van der Waals surface area contributed by atoms with Gasteiger partial charge in [0.2, 0.25) is 0 Å². The van der Waals surface area contributed by atoms with E-state index in [0.29, 0.717) is 6.42 Å². The summed E-state index contributed by atoms with van der Waals surface area (Å²) in [4.78, 5) is 0. The lowest BCUT2D eigenvalue weighted by molar-refractivity contribution is 0.0603. The lowest BCUT2D eigenvalue weighted by Crippen LogP contribution is -2.49. The molecule has 2 aliphatic heterocycles. The number of para-hydroxylation sites is 1. The van der Waals surface area contributed by atoms with Gasteiger partial charge in [0.15, 0.2) is 9.84 Å². The van der Waals surface area contributed by atoms with Gasteiger partial charge in [-0.2, -0.15) is 0 Å². The number of hydrogen-bond acceptors (Lipinski definition) is 4. The zero-order valence-corrected chi connectivity index (χ0v) is 13.7. The predicted octanol–water partition coefficient (Wildman–Crippen LogP) is 2.46. The first-order valence-corrected chi connectivity index (χ1v) is 9.26. The maximum absolute atomic E-state index is 11.8. The standard InChI is InChI=1S/C16H23NO3S/c1-15(2)10-13(12-6-4-5-7-14(12)20-15)17-16(3)8-9-21(18,19)11-16/h4-7,13,17H,8-11H2,1-3H3. The fourth-order valence-corrected chi connectivity index (χ4v) is 5.58. The number of fused-ring (bicyclic) bond motifs is 1. The number of hydrogen-bond donors (Lipinski definition) is 1. The van der Waals surface area contributed by atoms with Gasteiger partial charge in [-0.3, -0.25) is 0 Å². The molecule has 3 rings (SSSR count). The second-order valence-electron chi connectivity index (χ2n) is 7.20. The number of benzene rings is 1. The first-order chi connectivity index (χ1) is 9.68. The molecule has 116 valence electrons. The summed E-state index contributed by atoms with van der Waals surface area (Å²) >= 11 is 0. The molecule has 1 fully saturated rings. The molecular weight excluding hydrogens is 286 g/mol. The highest BCUT2D eigenvalue weighted by atomic mass is 32.2. The molecule has 0 aromatic heterocycles. The largest absolute Gasteiger partial charge is 0.487 e. The maximum atomic E-state index is 11.8. The van der Waals surface area contributed by atoms with Gasteiger partial charge >= 0.3 is 0 Å². The van der Waals surface area contributed by atoms with Crippen molar-refractivity contribution in [2.45, 2.75) is 50.8 Å². The van der Waals surface area contributed by atoms with E-state index >= 15 is 0 Å². The first kappa shape index (κ1) is 14.9. The molecule has 0 radical (unpaired) electrons. The zero-order chi connectivity index (χ0) is 15.3. The minimum atomic E-state index is -2.90. The van der Waals surface area contributed by atoms with Crippen molar-refractivity contribution in [2.24, 2.45) is 0 Å². The van der Waals surface area contributed by atoms with Crippen molar-refractivity contribution < 1.29 is 13.2 Å². The third kappa shape index (κ3) is 3.09. The van der Waals surface area contributed by atoms with E-state index in [-0.39, 0.29) is 28.7 Å². The highest BCUT2D eigenvalue weighted by Gasteiger charge is 2.42. The lowest BCUT2D eigenvalue weighted by atomic mass is 9.87. The SMILES string of the molecule is CC1(NC2CC(C)(C)Oc3ccccc32)CCS(=O)(=O)C1. The maximum Gasteiger partial charge on any atom is 0.152 e. The van der Waals surface area contributed by atoms with Gasteiger partial charge in [-0.15, -0.1) is 0 Å². The number of sulfone groups is 1. The van der Waals surface area contributed by atoms with Gasteiger partial charge in [0.05, 0.1) is 11.5 Å². The highest BCUT2D eigenvalue weighted by Crippen LogP contribution is 2.41. The van der Waals surface area contributed by atoms with Gasteiger partial charge in [0, 0.05) is 23.6 Å². The van der Waals surface area contributed by atoms with E-state index in [4.69, 9.17) is 4.74 Å². The molecule has 2 heterocycles. The van der Waals surface area contributed by atoms with Crippen molar-refractivity contribution in [1.29, 1.82) is 0 Å². The summed E-state index contributed by atoms with van der Waals surface area (Å²) in [6.45, 7) is 6.17. The summed E-state index contributed by atoms with van der Waals surface area (Å²) < 4.78 is 29.6. The Hall–Kier alpha value is -1.07. The molecule has 2 atom stereocenters. The van der Waals surface area contributed by atoms with Crippen LogP contribution in [0.4, 0.5) is 0 Å². The highest BCUT2D eigenvalue weighted by molar-refractivity contribution is 7.91.